The standard InChI is InChI=1S/2C13H30N.C2H5O3P/c2*1-5-6-7-8-9-10-11-12-13-14(2,3)4;1-2-6(3,4)5/h2*5-13H2,1-4H3;2H,1H2,(H2,3,4,5)/q2*+1;/p-2. The maximum Gasteiger partial charge on any atom is 0.0780 e. The molecule has 0 bridgehead atoms. The van der Waals surface area contributed by atoms with E-state index in [1.807, 2.05) is 0 Å². The van der Waals surface area contributed by atoms with Crippen LogP contribution < -0.4 is 9.79 Å². The molecule has 0 aromatic carbocycles. The van der Waals surface area contributed by atoms with Gasteiger partial charge in [-0.25, -0.2) is 0 Å². The summed E-state index contributed by atoms with van der Waals surface area (Å²) >= 11 is 0. The van der Waals surface area contributed by atoms with Crippen molar-refractivity contribution in [3.8, 4) is 0 Å². The van der Waals surface area contributed by atoms with Crippen molar-refractivity contribution >= 4 is 7.60 Å². The maximum atomic E-state index is 9.35. The predicted octanol–water partition coefficient (Wildman–Crippen LogP) is 6.71. The Bertz CT molecular complexity index is 435. The Morgan fingerprint density at radius 1 is 0.559 bits per heavy atom. The van der Waals surface area contributed by atoms with Gasteiger partial charge in [-0.3, -0.25) is 0 Å². The van der Waals surface area contributed by atoms with Crippen molar-refractivity contribution in [3.05, 3.63) is 12.4 Å². The minimum Gasteiger partial charge on any atom is -0.808 e. The molecule has 0 saturated heterocycles. The predicted molar refractivity (Wildman–Crippen MR) is 149 cm³/mol. The first kappa shape index (κ1) is 38.3. The van der Waals surface area contributed by atoms with E-state index in [0.29, 0.717) is 5.82 Å². The fraction of sp³-hybridized carbons (Fsp3) is 0.929. The van der Waals surface area contributed by atoms with Crippen LogP contribution in [0.15, 0.2) is 12.4 Å². The Morgan fingerprint density at radius 2 is 0.765 bits per heavy atom. The van der Waals surface area contributed by atoms with E-state index < -0.39 is 7.60 Å². The lowest BCUT2D eigenvalue weighted by molar-refractivity contribution is -0.870. The molecule has 0 heterocycles. The van der Waals surface area contributed by atoms with Crippen LogP contribution in [0.1, 0.15) is 117 Å². The highest BCUT2D eigenvalue weighted by molar-refractivity contribution is 7.52. The number of unbranched alkanes of at least 4 members (excludes halogenated alkanes) is 14. The zero-order valence-electron chi connectivity index (χ0n) is 24.6. The highest BCUT2D eigenvalue weighted by Gasteiger charge is 2.05. The monoisotopic (exact) mass is 506 g/mol. The average Bonchev–Trinajstić information content (AvgIpc) is 2.71. The number of nitrogens with zero attached hydrogens (tertiary/aromatic N) is 2. The molecule has 0 aliphatic carbocycles. The zero-order valence-corrected chi connectivity index (χ0v) is 25.5. The lowest BCUT2D eigenvalue weighted by Crippen LogP contribution is -2.35. The van der Waals surface area contributed by atoms with E-state index in [1.54, 1.807) is 0 Å². The highest BCUT2D eigenvalue weighted by atomic mass is 31.2. The van der Waals surface area contributed by atoms with E-state index in [4.69, 9.17) is 0 Å². The molecular weight excluding hydrogens is 443 g/mol. The molecule has 0 atom stereocenters. The van der Waals surface area contributed by atoms with Gasteiger partial charge in [0.05, 0.1) is 55.4 Å². The molecule has 0 spiro atoms. The Kier molecular flexibility index (Phi) is 27.6. The van der Waals surface area contributed by atoms with Gasteiger partial charge in [-0.1, -0.05) is 103 Å². The Balaban J connectivity index is -0.000000458. The molecule has 6 heteroatoms. The SMILES string of the molecule is C=CP(=O)([O-])[O-].CCCCCCCCCC[N+](C)(C)C.CCCCCCCCCC[N+](C)(C)C. The van der Waals surface area contributed by atoms with Gasteiger partial charge < -0.3 is 23.3 Å². The molecule has 0 N–H and O–H groups in total. The normalized spacial score (nSPS) is 11.8. The average molecular weight is 507 g/mol. The third kappa shape index (κ3) is 49.1. The van der Waals surface area contributed by atoms with Crippen molar-refractivity contribution in [2.24, 2.45) is 0 Å². The second kappa shape index (κ2) is 24.5. The fourth-order valence-corrected chi connectivity index (χ4v) is 3.44. The molecule has 0 aliphatic rings. The van der Waals surface area contributed by atoms with Crippen molar-refractivity contribution in [1.29, 1.82) is 0 Å². The summed E-state index contributed by atoms with van der Waals surface area (Å²) in [7, 11) is 9.29. The molecule has 0 aliphatic heterocycles. The quantitative estimate of drug-likeness (QED) is 0.111. The summed E-state index contributed by atoms with van der Waals surface area (Å²) in [6.45, 7) is 9.96. The molecule has 0 fully saturated rings. The van der Waals surface area contributed by atoms with Crippen LogP contribution in [-0.4, -0.2) is 64.3 Å². The van der Waals surface area contributed by atoms with Gasteiger partial charge in [0.1, 0.15) is 0 Å². The van der Waals surface area contributed by atoms with Crippen LogP contribution >= 0.6 is 7.60 Å². The molecular formula is C28H63N2O3P. The van der Waals surface area contributed by atoms with E-state index in [1.165, 1.54) is 116 Å². The van der Waals surface area contributed by atoms with Crippen molar-refractivity contribution in [1.82, 2.24) is 0 Å². The summed E-state index contributed by atoms with van der Waals surface area (Å²) in [6.07, 6.45) is 22.9. The van der Waals surface area contributed by atoms with Gasteiger partial charge in [-0.2, -0.15) is 0 Å². The zero-order chi connectivity index (χ0) is 26.9. The van der Waals surface area contributed by atoms with Crippen LogP contribution in [0.25, 0.3) is 0 Å². The van der Waals surface area contributed by atoms with E-state index in [2.05, 4.69) is 62.7 Å². The first-order valence-electron chi connectivity index (χ1n) is 13.9. The summed E-state index contributed by atoms with van der Waals surface area (Å²) in [5, 5.41) is 0. The van der Waals surface area contributed by atoms with Crippen LogP contribution in [0.4, 0.5) is 0 Å². The van der Waals surface area contributed by atoms with Crippen molar-refractivity contribution in [2.45, 2.75) is 117 Å². The Hall–Kier alpha value is -0.190. The highest BCUT2D eigenvalue weighted by Crippen LogP contribution is 2.22. The summed E-state index contributed by atoms with van der Waals surface area (Å²) in [4.78, 5) is 18.7. The topological polar surface area (TPSA) is 63.2 Å². The number of hydrogen-bond donors (Lipinski definition) is 0. The third-order valence-electron chi connectivity index (χ3n) is 5.59. The maximum absolute atomic E-state index is 9.35. The Morgan fingerprint density at radius 3 is 0.941 bits per heavy atom. The molecule has 5 nitrogen and oxygen atoms in total. The Labute approximate surface area is 215 Å². The van der Waals surface area contributed by atoms with Gasteiger partial charge in [0.2, 0.25) is 0 Å². The fourth-order valence-electron chi connectivity index (χ4n) is 3.44. The van der Waals surface area contributed by atoms with Gasteiger partial charge in [0.15, 0.2) is 0 Å². The molecule has 208 valence electrons. The first-order chi connectivity index (χ1) is 15.7. The van der Waals surface area contributed by atoms with Crippen LogP contribution in [0.5, 0.6) is 0 Å². The van der Waals surface area contributed by atoms with Gasteiger partial charge in [-0.15, -0.1) is 0 Å². The summed E-state index contributed by atoms with van der Waals surface area (Å²) in [5.74, 6) is 0.382. The first-order valence-corrected chi connectivity index (χ1v) is 15.6. The van der Waals surface area contributed by atoms with E-state index in [9.17, 15) is 14.4 Å². The van der Waals surface area contributed by atoms with E-state index >= 15 is 0 Å². The molecule has 0 aromatic heterocycles. The lowest BCUT2D eigenvalue weighted by atomic mass is 10.1. The van der Waals surface area contributed by atoms with Crippen LogP contribution in [0, 0.1) is 0 Å². The molecule has 0 unspecified atom stereocenters. The molecule has 0 saturated carbocycles. The molecule has 0 amide bonds. The van der Waals surface area contributed by atoms with Crippen molar-refractivity contribution < 1.29 is 23.3 Å². The van der Waals surface area contributed by atoms with Gasteiger partial charge >= 0.3 is 0 Å². The number of quaternary nitrogens is 2. The number of hydrogen-bond acceptors (Lipinski definition) is 3. The summed E-state index contributed by atoms with van der Waals surface area (Å²) < 4.78 is 11.6. The smallest absolute Gasteiger partial charge is 0.0780 e. The molecule has 34 heavy (non-hydrogen) atoms. The summed E-state index contributed by atoms with van der Waals surface area (Å²) in [6, 6.07) is 0. The van der Waals surface area contributed by atoms with Crippen LogP contribution in [0.2, 0.25) is 0 Å². The van der Waals surface area contributed by atoms with Gasteiger partial charge in [0.25, 0.3) is 0 Å². The van der Waals surface area contributed by atoms with Gasteiger partial charge in [-0.05, 0) is 33.3 Å². The number of rotatable bonds is 19. The molecule has 0 radical (unpaired) electrons. The summed E-state index contributed by atoms with van der Waals surface area (Å²) in [5.41, 5.74) is 0. The van der Waals surface area contributed by atoms with Gasteiger partial charge in [0, 0.05) is 0 Å². The minimum absolute atomic E-state index is 0.382. The van der Waals surface area contributed by atoms with E-state index in [-0.39, 0.29) is 0 Å². The second-order valence-electron chi connectivity index (χ2n) is 11.7. The minimum atomic E-state index is -4.38. The van der Waals surface area contributed by atoms with Crippen molar-refractivity contribution in [2.75, 3.05) is 55.4 Å². The third-order valence-corrected chi connectivity index (χ3v) is 6.04. The molecule has 0 rings (SSSR count). The molecule has 0 aromatic rings. The van der Waals surface area contributed by atoms with Crippen LogP contribution in [0.3, 0.4) is 0 Å². The lowest BCUT2D eigenvalue weighted by Gasteiger charge is -2.23. The van der Waals surface area contributed by atoms with Crippen molar-refractivity contribution in [3.63, 3.8) is 0 Å². The van der Waals surface area contributed by atoms with E-state index in [0.717, 1.165) is 8.97 Å². The largest absolute Gasteiger partial charge is 0.808 e. The van der Waals surface area contributed by atoms with Crippen LogP contribution in [-0.2, 0) is 4.57 Å². The second-order valence-corrected chi connectivity index (χ2v) is 13.1.